The lowest BCUT2D eigenvalue weighted by Crippen LogP contribution is -2.52. The number of hydrogen-bond acceptors (Lipinski definition) is 4. The molecule has 7 nitrogen and oxygen atoms in total. The zero-order valence-corrected chi connectivity index (χ0v) is 17.4. The lowest BCUT2D eigenvalue weighted by molar-refractivity contribution is -0.136. The summed E-state index contributed by atoms with van der Waals surface area (Å²) in [6.07, 6.45) is -0.0293. The van der Waals surface area contributed by atoms with Crippen molar-refractivity contribution < 1.29 is 22.4 Å². The zero-order chi connectivity index (χ0) is 21.5. The van der Waals surface area contributed by atoms with Gasteiger partial charge in [-0.3, -0.25) is 9.59 Å². The van der Waals surface area contributed by atoms with E-state index in [9.17, 15) is 22.4 Å². The Bertz CT molecular complexity index is 1120. The van der Waals surface area contributed by atoms with Gasteiger partial charge in [-0.05, 0) is 35.9 Å². The summed E-state index contributed by atoms with van der Waals surface area (Å²) in [5, 5.41) is 2.92. The summed E-state index contributed by atoms with van der Waals surface area (Å²) in [6, 6.07) is 10.0. The van der Waals surface area contributed by atoms with Crippen LogP contribution in [0.15, 0.2) is 47.4 Å². The number of carbonyl (C=O) groups is 2. The van der Waals surface area contributed by atoms with E-state index < -0.39 is 21.8 Å². The quantitative estimate of drug-likeness (QED) is 0.776. The first-order chi connectivity index (χ1) is 14.3. The highest BCUT2D eigenvalue weighted by molar-refractivity contribution is 7.89. The summed E-state index contributed by atoms with van der Waals surface area (Å²) in [5.74, 6) is -1.83. The smallest absolute Gasteiger partial charge is 0.243 e. The summed E-state index contributed by atoms with van der Waals surface area (Å²) in [6.45, 7) is 0.673. The van der Waals surface area contributed by atoms with Gasteiger partial charge >= 0.3 is 0 Å². The maximum atomic E-state index is 13.5. The first kappa shape index (κ1) is 20.8. The maximum absolute atomic E-state index is 13.5. The van der Waals surface area contributed by atoms with E-state index in [0.717, 1.165) is 0 Å². The van der Waals surface area contributed by atoms with Gasteiger partial charge in [-0.25, -0.2) is 12.8 Å². The van der Waals surface area contributed by atoms with Crippen LogP contribution >= 0.6 is 11.6 Å². The second kappa shape index (κ2) is 7.98. The van der Waals surface area contributed by atoms with Crippen molar-refractivity contribution >= 4 is 39.1 Å². The van der Waals surface area contributed by atoms with E-state index in [1.165, 1.54) is 34.6 Å². The maximum Gasteiger partial charge on any atom is 0.243 e. The Hall–Kier alpha value is -2.49. The van der Waals surface area contributed by atoms with Gasteiger partial charge in [0, 0.05) is 43.3 Å². The average Bonchev–Trinajstić information content (AvgIpc) is 2.72. The van der Waals surface area contributed by atoms with Crippen LogP contribution in [-0.2, 0) is 19.6 Å². The molecule has 1 atom stereocenters. The molecule has 30 heavy (non-hydrogen) atoms. The van der Waals surface area contributed by atoms with E-state index in [1.54, 1.807) is 17.0 Å². The molecule has 158 valence electrons. The molecular formula is C20H19ClFN3O4S. The van der Waals surface area contributed by atoms with Crippen molar-refractivity contribution in [2.24, 2.45) is 0 Å². The molecule has 2 aliphatic rings. The first-order valence-corrected chi connectivity index (χ1v) is 11.2. The predicted octanol–water partition coefficient (Wildman–Crippen LogP) is 2.44. The molecule has 0 unspecified atom stereocenters. The molecule has 10 heteroatoms. The van der Waals surface area contributed by atoms with E-state index in [2.05, 4.69) is 5.32 Å². The number of benzene rings is 2. The van der Waals surface area contributed by atoms with Gasteiger partial charge in [-0.2, -0.15) is 4.31 Å². The third kappa shape index (κ3) is 3.92. The summed E-state index contributed by atoms with van der Waals surface area (Å²) in [4.78, 5) is 26.7. The van der Waals surface area contributed by atoms with Crippen LogP contribution < -0.4 is 5.32 Å². The molecule has 0 bridgehead atoms. The second-order valence-corrected chi connectivity index (χ2v) is 9.60. The molecule has 1 saturated heterocycles. The fourth-order valence-electron chi connectivity index (χ4n) is 3.80. The van der Waals surface area contributed by atoms with Gasteiger partial charge in [0.05, 0.1) is 10.8 Å². The van der Waals surface area contributed by atoms with Gasteiger partial charge in [0.25, 0.3) is 0 Å². The average molecular weight is 452 g/mol. The lowest BCUT2D eigenvalue weighted by atomic mass is 9.89. The number of rotatable bonds is 3. The van der Waals surface area contributed by atoms with Gasteiger partial charge in [-0.15, -0.1) is 0 Å². The Balaban J connectivity index is 1.48. The van der Waals surface area contributed by atoms with Gasteiger partial charge in [0.15, 0.2) is 0 Å². The number of fused-ring (bicyclic) bond motifs is 1. The highest BCUT2D eigenvalue weighted by Gasteiger charge is 2.36. The number of carbonyl (C=O) groups excluding carboxylic acids is 2. The van der Waals surface area contributed by atoms with Gasteiger partial charge < -0.3 is 10.2 Å². The minimum atomic E-state index is -3.72. The number of nitrogens with zero attached hydrogens (tertiary/aromatic N) is 2. The molecule has 1 N–H and O–H groups in total. The Morgan fingerprint density at radius 2 is 1.83 bits per heavy atom. The number of hydrogen-bond donors (Lipinski definition) is 1. The van der Waals surface area contributed by atoms with Crippen LogP contribution in [-0.4, -0.2) is 55.6 Å². The molecule has 4 rings (SSSR count). The first-order valence-electron chi connectivity index (χ1n) is 9.39. The summed E-state index contributed by atoms with van der Waals surface area (Å²) >= 11 is 5.91. The minimum Gasteiger partial charge on any atom is -0.340 e. The molecule has 2 aromatic carbocycles. The number of amides is 2. The number of anilines is 1. The fourth-order valence-corrected chi connectivity index (χ4v) is 5.53. The molecule has 0 aliphatic carbocycles. The number of halogens is 2. The van der Waals surface area contributed by atoms with E-state index in [-0.39, 0.29) is 49.3 Å². The summed E-state index contributed by atoms with van der Waals surface area (Å²) in [7, 11) is -3.72. The zero-order valence-electron chi connectivity index (χ0n) is 15.8. The largest absolute Gasteiger partial charge is 0.340 e. The molecule has 2 amide bonds. The van der Waals surface area contributed by atoms with E-state index in [0.29, 0.717) is 16.3 Å². The van der Waals surface area contributed by atoms with Crippen molar-refractivity contribution in [3.8, 4) is 0 Å². The molecular weight excluding hydrogens is 433 g/mol. The molecule has 0 spiro atoms. The predicted molar refractivity (Wildman–Crippen MR) is 109 cm³/mol. The van der Waals surface area contributed by atoms with E-state index in [4.69, 9.17) is 11.6 Å². The third-order valence-corrected chi connectivity index (χ3v) is 7.47. The summed E-state index contributed by atoms with van der Waals surface area (Å²) in [5.41, 5.74) is 0.863. The number of piperazine rings is 1. The monoisotopic (exact) mass is 451 g/mol. The van der Waals surface area contributed by atoms with Crippen molar-refractivity contribution in [3.05, 3.63) is 58.9 Å². The molecule has 0 radical (unpaired) electrons. The van der Waals surface area contributed by atoms with Gasteiger partial charge in [0.2, 0.25) is 21.8 Å². The van der Waals surface area contributed by atoms with Crippen molar-refractivity contribution in [1.82, 2.24) is 9.21 Å². The Morgan fingerprint density at radius 3 is 2.53 bits per heavy atom. The van der Waals surface area contributed by atoms with Gasteiger partial charge in [-0.1, -0.05) is 23.7 Å². The normalized spacial score (nSPS) is 19.9. The third-order valence-electron chi connectivity index (χ3n) is 5.34. The van der Waals surface area contributed by atoms with E-state index in [1.807, 2.05) is 0 Å². The van der Waals surface area contributed by atoms with Crippen molar-refractivity contribution in [3.63, 3.8) is 0 Å². The lowest BCUT2D eigenvalue weighted by Gasteiger charge is -2.36. The van der Waals surface area contributed by atoms with E-state index >= 15 is 0 Å². The van der Waals surface area contributed by atoms with Crippen LogP contribution in [0.3, 0.4) is 0 Å². The van der Waals surface area contributed by atoms with Crippen LogP contribution in [0.25, 0.3) is 0 Å². The van der Waals surface area contributed by atoms with Crippen LogP contribution in [0.5, 0.6) is 0 Å². The fraction of sp³-hybridized carbons (Fsp3) is 0.300. The molecule has 0 saturated carbocycles. The minimum absolute atomic E-state index is 0.0293. The van der Waals surface area contributed by atoms with Crippen LogP contribution in [0.4, 0.5) is 10.1 Å². The summed E-state index contributed by atoms with van der Waals surface area (Å²) < 4.78 is 40.5. The highest BCUT2D eigenvalue weighted by atomic mass is 35.5. The Morgan fingerprint density at radius 1 is 1.10 bits per heavy atom. The molecule has 0 aromatic heterocycles. The molecule has 2 aliphatic heterocycles. The van der Waals surface area contributed by atoms with Crippen molar-refractivity contribution in [2.75, 3.05) is 31.5 Å². The molecule has 1 fully saturated rings. The molecule has 2 aromatic rings. The number of sulfonamides is 1. The van der Waals surface area contributed by atoms with Crippen LogP contribution in [0, 0.1) is 5.82 Å². The standard InChI is InChI=1S/C20H19ClFN3O4S/c21-13-2-1-3-15(10-13)30(28,29)25-8-6-24(7-9-25)20(27)17-12-19(26)23-18-11-14(22)4-5-16(17)18/h1-5,10-11,17H,6-9,12H2,(H,23,26)/t17-/m0/s1. The Labute approximate surface area is 178 Å². The van der Waals surface area contributed by atoms with Crippen molar-refractivity contribution in [1.29, 1.82) is 0 Å². The van der Waals surface area contributed by atoms with Crippen molar-refractivity contribution in [2.45, 2.75) is 17.2 Å². The SMILES string of the molecule is O=C1C[C@H](C(=O)N2CCN(S(=O)(=O)c3cccc(Cl)c3)CC2)c2ccc(F)cc2N1. The van der Waals surface area contributed by atoms with Crippen LogP contribution in [0.2, 0.25) is 5.02 Å². The number of nitrogens with one attached hydrogen (secondary N) is 1. The Kier molecular flexibility index (Phi) is 5.52. The topological polar surface area (TPSA) is 86.8 Å². The highest BCUT2D eigenvalue weighted by Crippen LogP contribution is 2.34. The second-order valence-electron chi connectivity index (χ2n) is 7.22. The van der Waals surface area contributed by atoms with Crippen LogP contribution in [0.1, 0.15) is 17.9 Å². The van der Waals surface area contributed by atoms with Gasteiger partial charge in [0.1, 0.15) is 5.82 Å². The molecule has 2 heterocycles.